The maximum atomic E-state index is 11.9. The van der Waals surface area contributed by atoms with Crippen molar-refractivity contribution < 1.29 is 19.4 Å². The minimum absolute atomic E-state index is 0.180. The minimum atomic E-state index is -1.13. The minimum Gasteiger partial charge on any atom is -0.480 e. The molecule has 1 aliphatic heterocycles. The maximum absolute atomic E-state index is 11.9. The van der Waals surface area contributed by atoms with Gasteiger partial charge in [-0.3, -0.25) is 4.79 Å². The van der Waals surface area contributed by atoms with Crippen molar-refractivity contribution in [1.29, 1.82) is 0 Å². The van der Waals surface area contributed by atoms with Crippen molar-refractivity contribution in [2.24, 2.45) is 11.8 Å². The van der Waals surface area contributed by atoms with Crippen molar-refractivity contribution in [1.82, 2.24) is 5.32 Å². The number of carbonyl (C=O) groups excluding carboxylic acids is 1. The molecule has 0 aliphatic carbocycles. The van der Waals surface area contributed by atoms with E-state index in [1.807, 2.05) is 6.92 Å². The molecular formula is C13H23NO4. The first-order chi connectivity index (χ1) is 8.37. The highest BCUT2D eigenvalue weighted by Crippen LogP contribution is 2.22. The van der Waals surface area contributed by atoms with E-state index in [1.54, 1.807) is 0 Å². The number of carboxylic acid groups (broad SMARTS) is 1. The number of aliphatic carboxylic acids is 1. The highest BCUT2D eigenvalue weighted by Gasteiger charge is 2.41. The van der Waals surface area contributed by atoms with Gasteiger partial charge >= 0.3 is 5.97 Å². The molecule has 0 radical (unpaired) electrons. The first kappa shape index (κ1) is 15.0. The second-order valence-corrected chi connectivity index (χ2v) is 5.47. The summed E-state index contributed by atoms with van der Waals surface area (Å²) in [5.41, 5.74) is -1.13. The van der Waals surface area contributed by atoms with Gasteiger partial charge in [-0.25, -0.2) is 4.79 Å². The van der Waals surface area contributed by atoms with Crippen LogP contribution in [0.15, 0.2) is 0 Å². The lowest BCUT2D eigenvalue weighted by molar-refractivity contribution is -0.152. The normalized spacial score (nSPS) is 20.4. The molecule has 1 atom stereocenters. The van der Waals surface area contributed by atoms with Gasteiger partial charge in [0.25, 0.3) is 0 Å². The monoisotopic (exact) mass is 257 g/mol. The fourth-order valence-electron chi connectivity index (χ4n) is 1.96. The van der Waals surface area contributed by atoms with Crippen molar-refractivity contribution >= 4 is 11.9 Å². The van der Waals surface area contributed by atoms with E-state index in [4.69, 9.17) is 4.74 Å². The summed E-state index contributed by atoms with van der Waals surface area (Å²) in [5, 5.41) is 12.0. The Labute approximate surface area is 108 Å². The van der Waals surface area contributed by atoms with Crippen molar-refractivity contribution in [2.75, 3.05) is 13.2 Å². The Morgan fingerprint density at radius 2 is 1.83 bits per heavy atom. The van der Waals surface area contributed by atoms with Gasteiger partial charge in [0.1, 0.15) is 5.54 Å². The van der Waals surface area contributed by atoms with Gasteiger partial charge < -0.3 is 15.2 Å². The molecule has 0 aromatic rings. The predicted molar refractivity (Wildman–Crippen MR) is 67.2 cm³/mol. The molecule has 0 spiro atoms. The molecule has 1 rings (SSSR count). The fourth-order valence-corrected chi connectivity index (χ4v) is 1.96. The molecule has 0 saturated carbocycles. The molecule has 104 valence electrons. The van der Waals surface area contributed by atoms with Crippen LogP contribution in [0.4, 0.5) is 0 Å². The Morgan fingerprint density at radius 1 is 1.28 bits per heavy atom. The third-order valence-electron chi connectivity index (χ3n) is 3.78. The number of hydrogen-bond donors (Lipinski definition) is 2. The van der Waals surface area contributed by atoms with Gasteiger partial charge in [0.15, 0.2) is 0 Å². The number of hydrogen-bond acceptors (Lipinski definition) is 3. The Hall–Kier alpha value is -1.10. The zero-order valence-corrected chi connectivity index (χ0v) is 11.4. The molecule has 5 nitrogen and oxygen atoms in total. The average Bonchev–Trinajstić information content (AvgIpc) is 2.29. The Bertz CT molecular complexity index is 308. The van der Waals surface area contributed by atoms with Crippen LogP contribution in [0.3, 0.4) is 0 Å². The second-order valence-electron chi connectivity index (χ2n) is 5.47. The molecule has 1 heterocycles. The molecule has 0 aromatic heterocycles. The Balaban J connectivity index is 2.61. The van der Waals surface area contributed by atoms with E-state index in [2.05, 4.69) is 19.2 Å². The molecule has 1 fully saturated rings. The van der Waals surface area contributed by atoms with Gasteiger partial charge in [0.05, 0.1) is 0 Å². The van der Waals surface area contributed by atoms with E-state index in [1.165, 1.54) is 0 Å². The molecule has 0 aromatic carbocycles. The highest BCUT2D eigenvalue weighted by molar-refractivity contribution is 5.87. The van der Waals surface area contributed by atoms with Crippen LogP contribution in [0.2, 0.25) is 0 Å². The molecule has 1 aliphatic rings. The summed E-state index contributed by atoms with van der Waals surface area (Å²) >= 11 is 0. The number of carboxylic acids is 1. The van der Waals surface area contributed by atoms with Gasteiger partial charge in [-0.1, -0.05) is 20.8 Å². The number of ether oxygens (including phenoxy) is 1. The fraction of sp³-hybridized carbons (Fsp3) is 0.846. The first-order valence-electron chi connectivity index (χ1n) is 6.49. The lowest BCUT2D eigenvalue weighted by Crippen LogP contribution is -2.57. The van der Waals surface area contributed by atoms with Gasteiger partial charge in [-0.2, -0.15) is 0 Å². The number of amides is 1. The summed E-state index contributed by atoms with van der Waals surface area (Å²) in [7, 11) is 0. The lowest BCUT2D eigenvalue weighted by atomic mass is 9.88. The van der Waals surface area contributed by atoms with E-state index < -0.39 is 11.5 Å². The molecule has 5 heteroatoms. The summed E-state index contributed by atoms with van der Waals surface area (Å²) in [5.74, 6) is -0.487. The maximum Gasteiger partial charge on any atom is 0.329 e. The van der Waals surface area contributed by atoms with Crippen LogP contribution < -0.4 is 5.32 Å². The van der Waals surface area contributed by atoms with Crippen LogP contribution in [0.5, 0.6) is 0 Å². The van der Waals surface area contributed by atoms with Gasteiger partial charge in [-0.05, 0) is 11.8 Å². The van der Waals surface area contributed by atoms with Crippen LogP contribution in [0, 0.1) is 11.8 Å². The number of rotatable bonds is 5. The van der Waals surface area contributed by atoms with Gasteiger partial charge in [-0.15, -0.1) is 0 Å². The molecule has 18 heavy (non-hydrogen) atoms. The number of nitrogens with one attached hydrogen (secondary N) is 1. The average molecular weight is 257 g/mol. The van der Waals surface area contributed by atoms with Gasteiger partial charge in [0, 0.05) is 32.5 Å². The molecular weight excluding hydrogens is 234 g/mol. The summed E-state index contributed by atoms with van der Waals surface area (Å²) in [6.45, 7) is 6.87. The quantitative estimate of drug-likeness (QED) is 0.781. The van der Waals surface area contributed by atoms with E-state index in [-0.39, 0.29) is 11.8 Å². The molecule has 0 bridgehead atoms. The van der Waals surface area contributed by atoms with Crippen molar-refractivity contribution in [3.63, 3.8) is 0 Å². The molecule has 1 unspecified atom stereocenters. The van der Waals surface area contributed by atoms with E-state index >= 15 is 0 Å². The van der Waals surface area contributed by atoms with Crippen molar-refractivity contribution in [3.05, 3.63) is 0 Å². The van der Waals surface area contributed by atoms with Crippen molar-refractivity contribution in [3.8, 4) is 0 Å². The van der Waals surface area contributed by atoms with Crippen LogP contribution >= 0.6 is 0 Å². The highest BCUT2D eigenvalue weighted by atomic mass is 16.5. The van der Waals surface area contributed by atoms with Crippen LogP contribution in [0.1, 0.15) is 40.0 Å². The lowest BCUT2D eigenvalue weighted by Gasteiger charge is -2.34. The zero-order valence-electron chi connectivity index (χ0n) is 11.4. The number of carbonyl (C=O) groups is 2. The first-order valence-corrected chi connectivity index (χ1v) is 6.49. The smallest absolute Gasteiger partial charge is 0.329 e. The topological polar surface area (TPSA) is 75.6 Å². The summed E-state index contributed by atoms with van der Waals surface area (Å²) in [4.78, 5) is 23.3. The van der Waals surface area contributed by atoms with E-state index in [0.29, 0.717) is 38.4 Å². The third kappa shape index (κ3) is 3.70. The van der Waals surface area contributed by atoms with Crippen LogP contribution in [0.25, 0.3) is 0 Å². The third-order valence-corrected chi connectivity index (χ3v) is 3.78. The molecule has 2 N–H and O–H groups in total. The summed E-state index contributed by atoms with van der Waals surface area (Å²) in [6.07, 6.45) is 1.04. The Morgan fingerprint density at radius 3 is 2.28 bits per heavy atom. The molecule has 1 amide bonds. The Kier molecular flexibility index (Phi) is 5.14. The largest absolute Gasteiger partial charge is 0.480 e. The van der Waals surface area contributed by atoms with Crippen LogP contribution in [-0.2, 0) is 14.3 Å². The SMILES string of the molecule is CC(C)C(C)CC(=O)NC1(C(=O)O)CCOCC1. The second kappa shape index (κ2) is 6.18. The van der Waals surface area contributed by atoms with E-state index in [9.17, 15) is 14.7 Å². The molecule has 1 saturated heterocycles. The predicted octanol–water partition coefficient (Wildman–Crippen LogP) is 1.42. The van der Waals surface area contributed by atoms with E-state index in [0.717, 1.165) is 0 Å². The van der Waals surface area contributed by atoms with Crippen molar-refractivity contribution in [2.45, 2.75) is 45.6 Å². The standard InChI is InChI=1S/C13H23NO4/c1-9(2)10(3)8-11(15)14-13(12(16)17)4-6-18-7-5-13/h9-10H,4-8H2,1-3H3,(H,14,15)(H,16,17). The summed E-state index contributed by atoms with van der Waals surface area (Å²) in [6, 6.07) is 0. The zero-order chi connectivity index (χ0) is 13.8. The van der Waals surface area contributed by atoms with Crippen LogP contribution in [-0.4, -0.2) is 35.7 Å². The van der Waals surface area contributed by atoms with Gasteiger partial charge in [0.2, 0.25) is 5.91 Å². The summed E-state index contributed by atoms with van der Waals surface area (Å²) < 4.78 is 5.16.